The number of phenolic OH excluding ortho intramolecular Hbond substituents is 1. The van der Waals surface area contributed by atoms with Crippen LogP contribution in [-0.2, 0) is 4.79 Å². The summed E-state index contributed by atoms with van der Waals surface area (Å²) in [5, 5.41) is 15.9. The van der Waals surface area contributed by atoms with Crippen molar-refractivity contribution in [3.63, 3.8) is 0 Å². The van der Waals surface area contributed by atoms with Gasteiger partial charge in [0.25, 0.3) is 0 Å². The Balaban J connectivity index is 2.63. The lowest BCUT2D eigenvalue weighted by atomic mass is 10.1. The minimum atomic E-state index is -0.308. The molecule has 0 aliphatic heterocycles. The molecule has 0 aliphatic carbocycles. The van der Waals surface area contributed by atoms with Crippen LogP contribution in [0, 0.1) is 0 Å². The summed E-state index contributed by atoms with van der Waals surface area (Å²) in [7, 11) is 0. The summed E-state index contributed by atoms with van der Waals surface area (Å²) in [6.07, 6.45) is 0. The fourth-order valence-corrected chi connectivity index (χ4v) is 2.04. The van der Waals surface area contributed by atoms with E-state index in [9.17, 15) is 9.90 Å². The number of carbonyl (C=O) groups excluding carboxylic acids is 1. The van der Waals surface area contributed by atoms with Crippen molar-refractivity contribution in [3.05, 3.63) is 22.7 Å². The van der Waals surface area contributed by atoms with Gasteiger partial charge in [0.1, 0.15) is 5.75 Å². The van der Waals surface area contributed by atoms with Crippen LogP contribution in [0.25, 0.3) is 11.3 Å². The van der Waals surface area contributed by atoms with E-state index in [1.54, 1.807) is 6.07 Å². The molecule has 2 aromatic rings. The Labute approximate surface area is 111 Å². The maximum atomic E-state index is 11.2. The van der Waals surface area contributed by atoms with Gasteiger partial charge in [-0.2, -0.15) is 0 Å². The molecule has 0 fully saturated rings. The van der Waals surface area contributed by atoms with Crippen molar-refractivity contribution in [3.8, 4) is 17.1 Å². The molecular weight excluding hydrogens is 302 g/mol. The molecule has 7 heteroatoms. The molecule has 0 saturated heterocycles. The molecule has 0 aliphatic rings. The van der Waals surface area contributed by atoms with Gasteiger partial charge < -0.3 is 20.7 Å². The Morgan fingerprint density at radius 3 is 2.83 bits per heavy atom. The summed E-state index contributed by atoms with van der Waals surface area (Å²) in [5.41, 5.74) is 6.21. The molecule has 6 nitrogen and oxygen atoms in total. The number of benzene rings is 1. The summed E-state index contributed by atoms with van der Waals surface area (Å²) in [4.78, 5) is 11.2. The zero-order valence-electron chi connectivity index (χ0n) is 9.40. The Morgan fingerprint density at radius 2 is 2.28 bits per heavy atom. The highest BCUT2D eigenvalue weighted by molar-refractivity contribution is 9.10. The first-order valence-corrected chi connectivity index (χ1v) is 5.80. The Kier molecular flexibility index (Phi) is 3.24. The van der Waals surface area contributed by atoms with Gasteiger partial charge in [-0.3, -0.25) is 4.79 Å². The average Bonchev–Trinajstić information content (AvgIpc) is 2.70. The molecule has 0 spiro atoms. The number of nitrogens with two attached hydrogens (primary N) is 1. The lowest BCUT2D eigenvalue weighted by molar-refractivity contribution is -0.114. The van der Waals surface area contributed by atoms with E-state index in [4.69, 9.17) is 10.3 Å². The van der Waals surface area contributed by atoms with Crippen LogP contribution >= 0.6 is 15.9 Å². The van der Waals surface area contributed by atoms with Crippen LogP contribution < -0.4 is 11.1 Å². The topological polar surface area (TPSA) is 101 Å². The third-order valence-corrected chi connectivity index (χ3v) is 2.87. The quantitative estimate of drug-likeness (QED) is 0.739. The van der Waals surface area contributed by atoms with E-state index in [-0.39, 0.29) is 23.2 Å². The van der Waals surface area contributed by atoms with E-state index >= 15 is 0 Å². The Bertz CT molecular complexity index is 610. The van der Waals surface area contributed by atoms with E-state index in [1.165, 1.54) is 19.1 Å². The second kappa shape index (κ2) is 4.69. The van der Waals surface area contributed by atoms with Crippen LogP contribution in [0.4, 0.5) is 11.5 Å². The van der Waals surface area contributed by atoms with Gasteiger partial charge in [-0.1, -0.05) is 5.16 Å². The number of halogens is 1. The molecule has 0 saturated carbocycles. The molecule has 1 aromatic heterocycles. The van der Waals surface area contributed by atoms with Crippen LogP contribution in [0.2, 0.25) is 0 Å². The number of aromatic nitrogens is 1. The Morgan fingerprint density at radius 1 is 1.56 bits per heavy atom. The average molecular weight is 312 g/mol. The zero-order valence-corrected chi connectivity index (χ0v) is 11.0. The molecule has 18 heavy (non-hydrogen) atoms. The third-order valence-electron chi connectivity index (χ3n) is 2.21. The minimum Gasteiger partial charge on any atom is -0.506 e. The number of nitrogen functional groups attached to an aromatic ring is 1. The fourth-order valence-electron chi connectivity index (χ4n) is 1.52. The van der Waals surface area contributed by atoms with Crippen molar-refractivity contribution >= 4 is 33.3 Å². The molecule has 0 bridgehead atoms. The second-order valence-corrected chi connectivity index (χ2v) is 4.47. The van der Waals surface area contributed by atoms with Crippen LogP contribution in [0.3, 0.4) is 0 Å². The van der Waals surface area contributed by atoms with Gasteiger partial charge in [0.2, 0.25) is 5.91 Å². The van der Waals surface area contributed by atoms with Crippen molar-refractivity contribution in [2.75, 3.05) is 11.1 Å². The van der Waals surface area contributed by atoms with Crippen molar-refractivity contribution in [2.24, 2.45) is 0 Å². The molecule has 1 aromatic carbocycles. The van der Waals surface area contributed by atoms with Crippen molar-refractivity contribution in [1.29, 1.82) is 0 Å². The van der Waals surface area contributed by atoms with Gasteiger partial charge in [-0.25, -0.2) is 0 Å². The standard InChI is InChI=1S/C11H10BrN3O3/c1-5(16)14-11-7(17)3-2-6(12)10(11)8-4-9(13)15-18-8/h2-4,17H,1H3,(H2,13,15)(H,14,16). The number of anilines is 2. The van der Waals surface area contributed by atoms with E-state index in [0.717, 1.165) is 0 Å². The van der Waals surface area contributed by atoms with Crippen molar-refractivity contribution in [2.45, 2.75) is 6.92 Å². The van der Waals surface area contributed by atoms with Gasteiger partial charge in [-0.05, 0) is 28.1 Å². The second-order valence-electron chi connectivity index (χ2n) is 3.61. The van der Waals surface area contributed by atoms with Crippen LogP contribution in [0.15, 0.2) is 27.2 Å². The highest BCUT2D eigenvalue weighted by Gasteiger charge is 2.18. The van der Waals surface area contributed by atoms with Gasteiger partial charge in [0.05, 0.1) is 11.3 Å². The predicted molar refractivity (Wildman–Crippen MR) is 70.0 cm³/mol. The van der Waals surface area contributed by atoms with E-state index < -0.39 is 0 Å². The molecule has 0 unspecified atom stereocenters. The first kappa shape index (κ1) is 12.4. The van der Waals surface area contributed by atoms with Crippen LogP contribution in [-0.4, -0.2) is 16.2 Å². The SMILES string of the molecule is CC(=O)Nc1c(O)ccc(Br)c1-c1cc(N)no1. The van der Waals surface area contributed by atoms with E-state index in [2.05, 4.69) is 26.4 Å². The summed E-state index contributed by atoms with van der Waals surface area (Å²) in [6.45, 7) is 1.35. The maximum absolute atomic E-state index is 11.2. The largest absolute Gasteiger partial charge is 0.506 e. The molecule has 2 rings (SSSR count). The zero-order chi connectivity index (χ0) is 13.3. The molecule has 0 atom stereocenters. The fraction of sp³-hybridized carbons (Fsp3) is 0.0909. The Hall–Kier alpha value is -2.02. The first-order chi connectivity index (χ1) is 8.49. The van der Waals surface area contributed by atoms with Gasteiger partial charge in [-0.15, -0.1) is 0 Å². The van der Waals surface area contributed by atoms with Gasteiger partial charge in [0, 0.05) is 17.5 Å². The summed E-state index contributed by atoms with van der Waals surface area (Å²) in [5.74, 6) is 0.184. The summed E-state index contributed by atoms with van der Waals surface area (Å²) in [6, 6.07) is 4.60. The number of carbonyl (C=O) groups is 1. The molecular formula is C11H10BrN3O3. The lowest BCUT2D eigenvalue weighted by Crippen LogP contribution is -2.07. The number of hydrogen-bond donors (Lipinski definition) is 3. The molecule has 1 amide bonds. The highest BCUT2D eigenvalue weighted by atomic mass is 79.9. The maximum Gasteiger partial charge on any atom is 0.221 e. The van der Waals surface area contributed by atoms with Crippen LogP contribution in [0.1, 0.15) is 6.92 Å². The van der Waals surface area contributed by atoms with E-state index in [0.29, 0.717) is 15.8 Å². The van der Waals surface area contributed by atoms with Crippen molar-refractivity contribution < 1.29 is 14.4 Å². The number of amides is 1. The van der Waals surface area contributed by atoms with Gasteiger partial charge in [0.15, 0.2) is 11.6 Å². The monoisotopic (exact) mass is 311 g/mol. The van der Waals surface area contributed by atoms with Gasteiger partial charge >= 0.3 is 0 Å². The number of rotatable bonds is 2. The molecule has 94 valence electrons. The number of nitrogens with one attached hydrogen (secondary N) is 1. The normalized spacial score (nSPS) is 10.3. The number of aromatic hydroxyl groups is 1. The lowest BCUT2D eigenvalue weighted by Gasteiger charge is -2.11. The summed E-state index contributed by atoms with van der Waals surface area (Å²) >= 11 is 3.33. The van der Waals surface area contributed by atoms with Crippen molar-refractivity contribution in [1.82, 2.24) is 5.16 Å². The number of phenols is 1. The molecule has 4 N–H and O–H groups in total. The third kappa shape index (κ3) is 2.30. The smallest absolute Gasteiger partial charge is 0.221 e. The first-order valence-electron chi connectivity index (χ1n) is 5.00. The highest BCUT2D eigenvalue weighted by Crippen LogP contribution is 2.41. The predicted octanol–water partition coefficient (Wildman–Crippen LogP) is 2.35. The molecule has 1 heterocycles. The molecule has 0 radical (unpaired) electrons. The number of nitrogens with zero attached hydrogens (tertiary/aromatic N) is 1. The van der Waals surface area contributed by atoms with Crippen LogP contribution in [0.5, 0.6) is 5.75 Å². The van der Waals surface area contributed by atoms with E-state index in [1.807, 2.05) is 0 Å². The summed E-state index contributed by atoms with van der Waals surface area (Å²) < 4.78 is 5.68. The minimum absolute atomic E-state index is 0.0710. The number of hydrogen-bond acceptors (Lipinski definition) is 5.